The van der Waals surface area contributed by atoms with Gasteiger partial charge in [0.1, 0.15) is 0 Å². The van der Waals surface area contributed by atoms with Crippen LogP contribution in [0.5, 0.6) is 0 Å². The zero-order chi connectivity index (χ0) is 10.5. The fourth-order valence-corrected chi connectivity index (χ4v) is 3.02. The predicted octanol–water partition coefficient (Wildman–Crippen LogP) is 2.02. The highest BCUT2D eigenvalue weighted by Gasteiger charge is 2.15. The van der Waals surface area contributed by atoms with Gasteiger partial charge in [0.05, 0.1) is 0 Å². The quantitative estimate of drug-likeness (QED) is 0.817. The number of rotatable bonds is 4. The maximum Gasteiger partial charge on any atom is 0.0195 e. The lowest BCUT2D eigenvalue weighted by molar-refractivity contribution is 0.358. The standard InChI is InChI=1S/C12H20N2S/c1-10(8-12-5-3-7-15-12)14-11-4-2-6-13-9-11/h3,5,7,10-11,13-14H,2,4,6,8-9H2,1H3. The molecule has 15 heavy (non-hydrogen) atoms. The maximum atomic E-state index is 3.70. The molecule has 0 spiro atoms. The van der Waals surface area contributed by atoms with Gasteiger partial charge in [0.25, 0.3) is 0 Å². The SMILES string of the molecule is CC(Cc1cccs1)NC1CCCNC1. The third-order valence-electron chi connectivity index (χ3n) is 2.90. The summed E-state index contributed by atoms with van der Waals surface area (Å²) in [5, 5.41) is 9.30. The van der Waals surface area contributed by atoms with Gasteiger partial charge in [-0.15, -0.1) is 11.3 Å². The summed E-state index contributed by atoms with van der Waals surface area (Å²) in [6, 6.07) is 5.62. The molecule has 1 aromatic rings. The highest BCUT2D eigenvalue weighted by Crippen LogP contribution is 2.12. The first-order valence-corrected chi connectivity index (χ1v) is 6.71. The van der Waals surface area contributed by atoms with Gasteiger partial charge in [0.2, 0.25) is 0 Å². The minimum absolute atomic E-state index is 0.591. The molecule has 2 unspecified atom stereocenters. The second-order valence-corrected chi connectivity index (χ2v) is 5.43. The Morgan fingerprint density at radius 1 is 1.67 bits per heavy atom. The lowest BCUT2D eigenvalue weighted by atomic mass is 10.1. The van der Waals surface area contributed by atoms with Crippen molar-refractivity contribution in [3.05, 3.63) is 22.4 Å². The van der Waals surface area contributed by atoms with Crippen molar-refractivity contribution >= 4 is 11.3 Å². The van der Waals surface area contributed by atoms with Crippen LogP contribution >= 0.6 is 11.3 Å². The van der Waals surface area contributed by atoms with Crippen molar-refractivity contribution in [2.24, 2.45) is 0 Å². The topological polar surface area (TPSA) is 24.1 Å². The molecule has 0 bridgehead atoms. The molecule has 2 rings (SSSR count). The van der Waals surface area contributed by atoms with Crippen LogP contribution in [-0.4, -0.2) is 25.2 Å². The van der Waals surface area contributed by atoms with Gasteiger partial charge in [-0.25, -0.2) is 0 Å². The van der Waals surface area contributed by atoms with E-state index in [1.54, 1.807) is 0 Å². The summed E-state index contributed by atoms with van der Waals surface area (Å²) in [6.45, 7) is 4.61. The first-order valence-electron chi connectivity index (χ1n) is 5.84. The zero-order valence-electron chi connectivity index (χ0n) is 9.33. The maximum absolute atomic E-state index is 3.70. The number of hydrogen-bond donors (Lipinski definition) is 2. The van der Waals surface area contributed by atoms with E-state index >= 15 is 0 Å². The molecule has 0 aromatic carbocycles. The third kappa shape index (κ3) is 3.59. The van der Waals surface area contributed by atoms with Crippen molar-refractivity contribution in [2.75, 3.05) is 13.1 Å². The van der Waals surface area contributed by atoms with Crippen molar-refractivity contribution in [2.45, 2.75) is 38.3 Å². The van der Waals surface area contributed by atoms with E-state index in [0.717, 1.165) is 13.0 Å². The average Bonchev–Trinajstić information content (AvgIpc) is 2.71. The van der Waals surface area contributed by atoms with Crippen LogP contribution in [-0.2, 0) is 6.42 Å². The lowest BCUT2D eigenvalue weighted by Crippen LogP contribution is -2.47. The minimum Gasteiger partial charge on any atom is -0.315 e. The van der Waals surface area contributed by atoms with Gasteiger partial charge in [0.15, 0.2) is 0 Å². The van der Waals surface area contributed by atoms with Crippen LogP contribution in [0.1, 0.15) is 24.6 Å². The second-order valence-electron chi connectivity index (χ2n) is 4.39. The van der Waals surface area contributed by atoms with Gasteiger partial charge in [-0.1, -0.05) is 6.07 Å². The van der Waals surface area contributed by atoms with Gasteiger partial charge in [0, 0.05) is 23.5 Å². The third-order valence-corrected chi connectivity index (χ3v) is 3.80. The molecule has 2 nitrogen and oxygen atoms in total. The fourth-order valence-electron chi connectivity index (χ4n) is 2.19. The molecule has 3 heteroatoms. The monoisotopic (exact) mass is 224 g/mol. The van der Waals surface area contributed by atoms with Gasteiger partial charge in [-0.05, 0) is 44.2 Å². The van der Waals surface area contributed by atoms with Gasteiger partial charge >= 0.3 is 0 Å². The molecule has 1 saturated heterocycles. The van der Waals surface area contributed by atoms with E-state index in [9.17, 15) is 0 Å². The van der Waals surface area contributed by atoms with Crippen molar-refractivity contribution in [1.29, 1.82) is 0 Å². The molecule has 1 aromatic heterocycles. The number of nitrogens with one attached hydrogen (secondary N) is 2. The van der Waals surface area contributed by atoms with Crippen LogP contribution in [0, 0.1) is 0 Å². The van der Waals surface area contributed by atoms with Gasteiger partial charge in [-0.3, -0.25) is 0 Å². The van der Waals surface area contributed by atoms with Crippen LogP contribution in [0.15, 0.2) is 17.5 Å². The Morgan fingerprint density at radius 2 is 2.60 bits per heavy atom. The predicted molar refractivity (Wildman–Crippen MR) is 66.5 cm³/mol. The van der Waals surface area contributed by atoms with Crippen LogP contribution in [0.4, 0.5) is 0 Å². The molecule has 0 aliphatic carbocycles. The van der Waals surface area contributed by atoms with Crippen LogP contribution < -0.4 is 10.6 Å². The van der Waals surface area contributed by atoms with Crippen molar-refractivity contribution in [1.82, 2.24) is 10.6 Å². The number of hydrogen-bond acceptors (Lipinski definition) is 3. The summed E-state index contributed by atoms with van der Waals surface area (Å²) in [6.07, 6.45) is 3.79. The van der Waals surface area contributed by atoms with E-state index in [1.807, 2.05) is 11.3 Å². The fraction of sp³-hybridized carbons (Fsp3) is 0.667. The highest BCUT2D eigenvalue weighted by molar-refractivity contribution is 7.09. The summed E-state index contributed by atoms with van der Waals surface area (Å²) < 4.78 is 0. The van der Waals surface area contributed by atoms with Crippen molar-refractivity contribution in [3.8, 4) is 0 Å². The lowest BCUT2D eigenvalue weighted by Gasteiger charge is -2.27. The normalized spacial score (nSPS) is 23.9. The van der Waals surface area contributed by atoms with Crippen molar-refractivity contribution in [3.63, 3.8) is 0 Å². The first-order chi connectivity index (χ1) is 7.34. The van der Waals surface area contributed by atoms with Crippen LogP contribution in [0.3, 0.4) is 0 Å². The molecule has 0 saturated carbocycles. The number of thiophene rings is 1. The Morgan fingerprint density at radius 3 is 3.27 bits per heavy atom. The Labute approximate surface area is 96.1 Å². The molecule has 2 atom stereocenters. The summed E-state index contributed by atoms with van der Waals surface area (Å²) in [4.78, 5) is 1.48. The molecule has 1 aliphatic rings. The number of piperidine rings is 1. The molecule has 0 radical (unpaired) electrons. The summed E-state index contributed by atoms with van der Waals surface area (Å²) in [5.74, 6) is 0. The Hall–Kier alpha value is -0.380. The second kappa shape index (κ2) is 5.64. The summed E-state index contributed by atoms with van der Waals surface area (Å²) in [7, 11) is 0. The van der Waals surface area contributed by atoms with Crippen LogP contribution in [0.25, 0.3) is 0 Å². The van der Waals surface area contributed by atoms with E-state index in [-0.39, 0.29) is 0 Å². The molecule has 84 valence electrons. The van der Waals surface area contributed by atoms with Crippen LogP contribution in [0.2, 0.25) is 0 Å². The van der Waals surface area contributed by atoms with E-state index < -0.39 is 0 Å². The minimum atomic E-state index is 0.591. The van der Waals surface area contributed by atoms with E-state index in [4.69, 9.17) is 0 Å². The zero-order valence-corrected chi connectivity index (χ0v) is 10.1. The summed E-state index contributed by atoms with van der Waals surface area (Å²) in [5.41, 5.74) is 0. The Balaban J connectivity index is 1.74. The smallest absolute Gasteiger partial charge is 0.0195 e. The molecule has 1 fully saturated rings. The van der Waals surface area contributed by atoms with Crippen molar-refractivity contribution < 1.29 is 0 Å². The van der Waals surface area contributed by atoms with Gasteiger partial charge in [-0.2, -0.15) is 0 Å². The molecular formula is C12H20N2S. The van der Waals surface area contributed by atoms with E-state index in [1.165, 1.54) is 24.3 Å². The molecule has 2 heterocycles. The molecule has 0 amide bonds. The first kappa shape index (κ1) is 11.1. The average molecular weight is 224 g/mol. The summed E-state index contributed by atoms with van der Waals surface area (Å²) >= 11 is 1.86. The molecule has 2 N–H and O–H groups in total. The van der Waals surface area contributed by atoms with Gasteiger partial charge < -0.3 is 10.6 Å². The highest BCUT2D eigenvalue weighted by atomic mass is 32.1. The van der Waals surface area contributed by atoms with E-state index in [0.29, 0.717) is 12.1 Å². The Bertz CT molecular complexity index is 265. The Kier molecular flexibility index (Phi) is 4.18. The molecule has 1 aliphatic heterocycles. The van der Waals surface area contributed by atoms with E-state index in [2.05, 4.69) is 35.1 Å². The largest absolute Gasteiger partial charge is 0.315 e. The molecular weight excluding hydrogens is 204 g/mol.